The van der Waals surface area contributed by atoms with Gasteiger partial charge in [-0.25, -0.2) is 8.42 Å². The molecule has 1 aromatic rings. The molecule has 1 heterocycles. The van der Waals surface area contributed by atoms with E-state index in [0.29, 0.717) is 6.54 Å². The normalized spacial score (nSPS) is 24.4. The Kier molecular flexibility index (Phi) is 4.84. The first-order valence-corrected chi connectivity index (χ1v) is 8.62. The van der Waals surface area contributed by atoms with Crippen molar-refractivity contribution in [1.29, 1.82) is 0 Å². The van der Waals surface area contributed by atoms with Gasteiger partial charge in [0.25, 0.3) is 0 Å². The van der Waals surface area contributed by atoms with Crippen molar-refractivity contribution in [3.8, 4) is 0 Å². The number of hydrogen-bond donors (Lipinski definition) is 1. The summed E-state index contributed by atoms with van der Waals surface area (Å²) in [7, 11) is -3.81. The highest BCUT2D eigenvalue weighted by atomic mass is 32.2. The fraction of sp³-hybridized carbons (Fsp3) is 0.571. The lowest BCUT2D eigenvalue weighted by Gasteiger charge is -2.37. The van der Waals surface area contributed by atoms with Crippen molar-refractivity contribution in [2.24, 2.45) is 0 Å². The number of rotatable bonds is 3. The van der Waals surface area contributed by atoms with E-state index in [-0.39, 0.29) is 24.2 Å². The predicted octanol–water partition coefficient (Wildman–Crippen LogP) is 2.22. The second-order valence-corrected chi connectivity index (χ2v) is 7.43. The van der Waals surface area contributed by atoms with E-state index in [2.05, 4.69) is 5.32 Å². The average Bonchev–Trinajstić information content (AvgIpc) is 2.40. The van der Waals surface area contributed by atoms with Crippen molar-refractivity contribution in [1.82, 2.24) is 9.62 Å². The summed E-state index contributed by atoms with van der Waals surface area (Å²) in [5, 5.41) is 3.15. The van der Waals surface area contributed by atoms with Crippen LogP contribution < -0.4 is 5.32 Å². The van der Waals surface area contributed by atoms with E-state index in [0.717, 1.165) is 6.07 Å². The van der Waals surface area contributed by atoms with E-state index in [9.17, 15) is 21.6 Å². The van der Waals surface area contributed by atoms with Gasteiger partial charge in [0.05, 0.1) is 11.3 Å². The third-order valence-corrected chi connectivity index (χ3v) is 5.90. The molecule has 8 heteroatoms. The van der Waals surface area contributed by atoms with E-state index in [1.165, 1.54) is 22.5 Å². The van der Waals surface area contributed by atoms with Gasteiger partial charge in [-0.2, -0.15) is 17.5 Å². The lowest BCUT2D eigenvalue weighted by atomic mass is 10.1. The zero-order chi connectivity index (χ0) is 16.5. The van der Waals surface area contributed by atoms with Crippen LogP contribution in [0, 0.1) is 0 Å². The van der Waals surface area contributed by atoms with Crippen molar-refractivity contribution < 1.29 is 21.6 Å². The molecule has 0 bridgehead atoms. The molecule has 1 aliphatic heterocycles. The zero-order valence-corrected chi connectivity index (χ0v) is 13.2. The summed E-state index contributed by atoms with van der Waals surface area (Å²) in [5.74, 6) is -0.639. The van der Waals surface area contributed by atoms with Gasteiger partial charge < -0.3 is 5.32 Å². The van der Waals surface area contributed by atoms with Gasteiger partial charge in [-0.15, -0.1) is 0 Å². The Balaban J connectivity index is 2.30. The summed E-state index contributed by atoms with van der Waals surface area (Å²) in [6.07, 6.45) is -4.56. The fourth-order valence-electron chi connectivity index (χ4n) is 2.62. The molecule has 1 N–H and O–H groups in total. The molecule has 4 nitrogen and oxygen atoms in total. The van der Waals surface area contributed by atoms with Gasteiger partial charge in [0, 0.05) is 25.2 Å². The SMILES string of the molecule is CC1NCCN(S(=O)(=O)Cc2ccccc2C(F)(F)F)C1C. The van der Waals surface area contributed by atoms with Crippen molar-refractivity contribution in [2.45, 2.75) is 37.9 Å². The Morgan fingerprint density at radius 1 is 1.27 bits per heavy atom. The Labute approximate surface area is 128 Å². The number of nitrogens with one attached hydrogen (secondary N) is 1. The smallest absolute Gasteiger partial charge is 0.311 e. The van der Waals surface area contributed by atoms with Crippen LogP contribution in [0.5, 0.6) is 0 Å². The molecule has 1 aliphatic rings. The number of piperazine rings is 1. The first-order valence-electron chi connectivity index (χ1n) is 7.01. The molecule has 0 spiro atoms. The topological polar surface area (TPSA) is 49.4 Å². The second kappa shape index (κ2) is 6.17. The Morgan fingerprint density at radius 3 is 2.55 bits per heavy atom. The van der Waals surface area contributed by atoms with Gasteiger partial charge in [-0.05, 0) is 25.5 Å². The third-order valence-electron chi connectivity index (χ3n) is 3.99. The van der Waals surface area contributed by atoms with E-state index < -0.39 is 27.5 Å². The molecular weight excluding hydrogens is 317 g/mol. The maximum Gasteiger partial charge on any atom is 0.416 e. The van der Waals surface area contributed by atoms with Crippen molar-refractivity contribution >= 4 is 10.0 Å². The molecule has 0 aliphatic carbocycles. The number of hydrogen-bond acceptors (Lipinski definition) is 3. The van der Waals surface area contributed by atoms with Crippen LogP contribution >= 0.6 is 0 Å². The van der Waals surface area contributed by atoms with Gasteiger partial charge in [0.15, 0.2) is 0 Å². The summed E-state index contributed by atoms with van der Waals surface area (Å²) in [6, 6.07) is 4.47. The first-order chi connectivity index (χ1) is 10.1. The lowest BCUT2D eigenvalue weighted by molar-refractivity contribution is -0.138. The van der Waals surface area contributed by atoms with Crippen LogP contribution in [0.4, 0.5) is 13.2 Å². The number of halogens is 3. The van der Waals surface area contributed by atoms with Crippen LogP contribution in [0.2, 0.25) is 0 Å². The summed E-state index contributed by atoms with van der Waals surface area (Å²) < 4.78 is 65.3. The van der Waals surface area contributed by atoms with Crippen LogP contribution in [0.1, 0.15) is 25.0 Å². The van der Waals surface area contributed by atoms with E-state index in [4.69, 9.17) is 0 Å². The maximum absolute atomic E-state index is 13.0. The third kappa shape index (κ3) is 3.61. The molecule has 1 saturated heterocycles. The Hall–Kier alpha value is -1.12. The monoisotopic (exact) mass is 336 g/mol. The number of alkyl halides is 3. The minimum Gasteiger partial charge on any atom is -0.311 e. The van der Waals surface area contributed by atoms with E-state index in [1.54, 1.807) is 6.92 Å². The summed E-state index contributed by atoms with van der Waals surface area (Å²) >= 11 is 0. The Bertz CT molecular complexity index is 631. The lowest BCUT2D eigenvalue weighted by Crippen LogP contribution is -2.57. The minimum atomic E-state index is -4.56. The molecule has 0 radical (unpaired) electrons. The standard InChI is InChI=1S/C14H19F3N2O2S/c1-10-11(2)19(8-7-18-10)22(20,21)9-12-5-3-4-6-13(12)14(15,16)17/h3-6,10-11,18H,7-9H2,1-2H3. The second-order valence-electron chi connectivity index (χ2n) is 5.51. The van der Waals surface area contributed by atoms with Crippen LogP contribution in [-0.2, 0) is 22.0 Å². The number of sulfonamides is 1. The predicted molar refractivity (Wildman–Crippen MR) is 77.7 cm³/mol. The van der Waals surface area contributed by atoms with Crippen molar-refractivity contribution in [2.75, 3.05) is 13.1 Å². The fourth-order valence-corrected chi connectivity index (χ4v) is 4.49. The van der Waals surface area contributed by atoms with Gasteiger partial charge in [0.1, 0.15) is 0 Å². The molecule has 2 rings (SSSR count). The molecule has 0 amide bonds. The van der Waals surface area contributed by atoms with Crippen LogP contribution in [0.3, 0.4) is 0 Å². The highest BCUT2D eigenvalue weighted by Gasteiger charge is 2.37. The van der Waals surface area contributed by atoms with Crippen molar-refractivity contribution in [3.05, 3.63) is 35.4 Å². The van der Waals surface area contributed by atoms with Crippen LogP contribution in [0.25, 0.3) is 0 Å². The van der Waals surface area contributed by atoms with Gasteiger partial charge in [0.2, 0.25) is 10.0 Å². The quantitative estimate of drug-likeness (QED) is 0.921. The largest absolute Gasteiger partial charge is 0.416 e. The molecule has 2 atom stereocenters. The number of benzene rings is 1. The summed E-state index contributed by atoms with van der Waals surface area (Å²) in [4.78, 5) is 0. The highest BCUT2D eigenvalue weighted by Crippen LogP contribution is 2.33. The molecule has 124 valence electrons. The van der Waals surface area contributed by atoms with Crippen LogP contribution in [-0.4, -0.2) is 37.9 Å². The minimum absolute atomic E-state index is 0.0404. The zero-order valence-electron chi connectivity index (χ0n) is 12.4. The number of nitrogens with zero attached hydrogens (tertiary/aromatic N) is 1. The Morgan fingerprint density at radius 2 is 1.91 bits per heavy atom. The molecule has 1 fully saturated rings. The highest BCUT2D eigenvalue weighted by molar-refractivity contribution is 7.88. The molecule has 0 saturated carbocycles. The van der Waals surface area contributed by atoms with Crippen LogP contribution in [0.15, 0.2) is 24.3 Å². The average molecular weight is 336 g/mol. The molecule has 1 aromatic carbocycles. The first kappa shape index (κ1) is 17.2. The van der Waals surface area contributed by atoms with Gasteiger partial charge in [-0.3, -0.25) is 0 Å². The van der Waals surface area contributed by atoms with Gasteiger partial charge >= 0.3 is 6.18 Å². The molecule has 2 unspecified atom stereocenters. The van der Waals surface area contributed by atoms with Gasteiger partial charge in [-0.1, -0.05) is 18.2 Å². The molecule has 0 aromatic heterocycles. The van der Waals surface area contributed by atoms with Crippen molar-refractivity contribution in [3.63, 3.8) is 0 Å². The maximum atomic E-state index is 13.0. The van der Waals surface area contributed by atoms with E-state index in [1.807, 2.05) is 6.92 Å². The molecule has 22 heavy (non-hydrogen) atoms. The summed E-state index contributed by atoms with van der Waals surface area (Å²) in [6.45, 7) is 4.37. The summed E-state index contributed by atoms with van der Waals surface area (Å²) in [5.41, 5.74) is -1.11. The van der Waals surface area contributed by atoms with E-state index >= 15 is 0 Å². The molecular formula is C14H19F3N2O2S.